The minimum atomic E-state index is -0.354. The van der Waals surface area contributed by atoms with Gasteiger partial charge in [-0.25, -0.2) is 0 Å². The monoisotopic (exact) mass is 179 g/mol. The van der Waals surface area contributed by atoms with E-state index in [2.05, 4.69) is 15.9 Å². The highest BCUT2D eigenvalue weighted by atomic mass is 79.9. The number of nitrogens with two attached hydrogens (primary N) is 1. The van der Waals surface area contributed by atoms with Gasteiger partial charge in [-0.2, -0.15) is 0 Å². The van der Waals surface area contributed by atoms with Gasteiger partial charge in [0, 0.05) is 0 Å². The van der Waals surface area contributed by atoms with E-state index in [4.69, 9.17) is 10.5 Å². The largest absolute Gasteiger partial charge is 0.371 e. The Labute approximate surface area is 55.3 Å². The molecule has 4 heteroatoms. The third-order valence-corrected chi connectivity index (χ3v) is 2.00. The Morgan fingerprint density at radius 3 is 2.62 bits per heavy atom. The van der Waals surface area contributed by atoms with Gasteiger partial charge in [-0.3, -0.25) is 4.79 Å². The zero-order valence-electron chi connectivity index (χ0n) is 4.13. The molecule has 46 valence electrons. The second-order valence-corrected chi connectivity index (χ2v) is 2.66. The van der Waals surface area contributed by atoms with Crippen molar-refractivity contribution < 1.29 is 9.53 Å². The summed E-state index contributed by atoms with van der Waals surface area (Å²) in [5.41, 5.74) is 4.91. The number of hydrogen-bond donors (Lipinski definition) is 1. The number of epoxide rings is 1. The summed E-state index contributed by atoms with van der Waals surface area (Å²) in [4.78, 5) is 9.99. The lowest BCUT2D eigenvalue weighted by Gasteiger charge is -1.95. The summed E-state index contributed by atoms with van der Waals surface area (Å²) in [7, 11) is 0. The second kappa shape index (κ2) is 2.03. The van der Waals surface area contributed by atoms with E-state index in [-0.39, 0.29) is 16.8 Å². The number of carbonyl (C=O) groups is 1. The highest BCUT2D eigenvalue weighted by molar-refractivity contribution is 9.10. The van der Waals surface area contributed by atoms with E-state index in [1.54, 1.807) is 0 Å². The maximum atomic E-state index is 10.3. The van der Waals surface area contributed by atoms with Crippen LogP contribution in [0.5, 0.6) is 0 Å². The third kappa shape index (κ3) is 1.20. The molecule has 1 aliphatic heterocycles. The van der Waals surface area contributed by atoms with Crippen LogP contribution in [0.25, 0.3) is 0 Å². The fourth-order valence-corrected chi connectivity index (χ4v) is 0.713. The molecule has 2 atom stereocenters. The van der Waals surface area contributed by atoms with Gasteiger partial charge in [-0.1, -0.05) is 15.9 Å². The predicted molar refractivity (Wildman–Crippen MR) is 31.6 cm³/mol. The van der Waals surface area contributed by atoms with Gasteiger partial charge in [0.1, 0.15) is 10.9 Å². The third-order valence-electron chi connectivity index (χ3n) is 0.957. The van der Waals surface area contributed by atoms with Gasteiger partial charge in [-0.05, 0) is 0 Å². The first-order valence-corrected chi connectivity index (χ1v) is 3.18. The van der Waals surface area contributed by atoms with Crippen LogP contribution in [0.3, 0.4) is 0 Å². The SMILES string of the molecule is NC(=O)[C@@H](Br)[C@H]1CO1. The highest BCUT2D eigenvalue weighted by Crippen LogP contribution is 2.19. The fourth-order valence-electron chi connectivity index (χ4n) is 0.408. The Bertz CT molecular complexity index is 113. The molecular weight excluding hydrogens is 174 g/mol. The minimum absolute atomic E-state index is 0.0347. The van der Waals surface area contributed by atoms with Crippen molar-refractivity contribution in [2.45, 2.75) is 10.9 Å². The van der Waals surface area contributed by atoms with Crippen molar-refractivity contribution in [3.05, 3.63) is 0 Å². The maximum absolute atomic E-state index is 10.3. The topological polar surface area (TPSA) is 55.6 Å². The summed E-state index contributed by atoms with van der Waals surface area (Å²) in [6.45, 7) is 0.652. The zero-order valence-corrected chi connectivity index (χ0v) is 5.72. The number of ether oxygens (including phenoxy) is 1. The van der Waals surface area contributed by atoms with Crippen molar-refractivity contribution in [2.24, 2.45) is 5.73 Å². The van der Waals surface area contributed by atoms with E-state index in [9.17, 15) is 4.79 Å². The van der Waals surface area contributed by atoms with Crippen LogP contribution in [0.2, 0.25) is 0 Å². The Balaban J connectivity index is 2.32. The summed E-state index contributed by atoms with van der Waals surface area (Å²) in [6.07, 6.45) is 0.0347. The van der Waals surface area contributed by atoms with Crippen LogP contribution in [0.1, 0.15) is 0 Å². The van der Waals surface area contributed by atoms with Crippen LogP contribution >= 0.6 is 15.9 Å². The molecule has 1 fully saturated rings. The molecule has 1 amide bonds. The summed E-state index contributed by atoms with van der Waals surface area (Å²) in [5, 5.41) is 0. The number of carbonyl (C=O) groups excluding carboxylic acids is 1. The molecule has 2 N–H and O–H groups in total. The number of amides is 1. The minimum Gasteiger partial charge on any atom is -0.371 e. The Kier molecular flexibility index (Phi) is 1.53. The van der Waals surface area contributed by atoms with Crippen LogP contribution in [0, 0.1) is 0 Å². The molecule has 0 aromatic rings. The van der Waals surface area contributed by atoms with Crippen molar-refractivity contribution in [3.8, 4) is 0 Å². The maximum Gasteiger partial charge on any atom is 0.233 e. The number of alkyl halides is 1. The lowest BCUT2D eigenvalue weighted by molar-refractivity contribution is -0.117. The van der Waals surface area contributed by atoms with Crippen molar-refractivity contribution >= 4 is 21.8 Å². The standard InChI is InChI=1S/C4H6BrNO2/c5-3(4(6)7)2-1-8-2/h2-3H,1H2,(H2,6,7)/t2-,3+/m1/s1. The van der Waals surface area contributed by atoms with E-state index in [0.717, 1.165) is 0 Å². The normalized spacial score (nSPS) is 29.4. The highest BCUT2D eigenvalue weighted by Gasteiger charge is 2.34. The molecule has 0 bridgehead atoms. The van der Waals surface area contributed by atoms with Gasteiger partial charge in [0.25, 0.3) is 0 Å². The molecule has 0 spiro atoms. The van der Waals surface area contributed by atoms with Crippen molar-refractivity contribution in [1.29, 1.82) is 0 Å². The number of hydrogen-bond acceptors (Lipinski definition) is 2. The summed E-state index contributed by atoms with van der Waals surface area (Å²) in [5.74, 6) is -0.354. The molecular formula is C4H6BrNO2. The summed E-state index contributed by atoms with van der Waals surface area (Å²) in [6, 6.07) is 0. The second-order valence-electron chi connectivity index (χ2n) is 1.68. The van der Waals surface area contributed by atoms with Crippen LogP contribution in [0.15, 0.2) is 0 Å². The van der Waals surface area contributed by atoms with E-state index in [1.807, 2.05) is 0 Å². The average Bonchev–Trinajstić information content (AvgIpc) is 2.43. The smallest absolute Gasteiger partial charge is 0.233 e. The lowest BCUT2D eigenvalue weighted by atomic mass is 10.3. The van der Waals surface area contributed by atoms with E-state index in [1.165, 1.54) is 0 Å². The zero-order chi connectivity index (χ0) is 6.15. The fraction of sp³-hybridized carbons (Fsp3) is 0.750. The molecule has 1 aliphatic rings. The lowest BCUT2D eigenvalue weighted by Crippen LogP contribution is -2.27. The quantitative estimate of drug-likeness (QED) is 0.465. The Morgan fingerprint density at radius 1 is 2.00 bits per heavy atom. The predicted octanol–water partition coefficient (Wildman–Crippen LogP) is -0.366. The summed E-state index contributed by atoms with van der Waals surface area (Å²) < 4.78 is 4.78. The summed E-state index contributed by atoms with van der Waals surface area (Å²) >= 11 is 3.07. The van der Waals surface area contributed by atoms with Gasteiger partial charge in [0.05, 0.1) is 6.61 Å². The van der Waals surface area contributed by atoms with Gasteiger partial charge in [0.2, 0.25) is 5.91 Å². The first kappa shape index (κ1) is 6.04. The number of halogens is 1. The van der Waals surface area contributed by atoms with Crippen LogP contribution in [-0.4, -0.2) is 23.4 Å². The van der Waals surface area contributed by atoms with Crippen LogP contribution < -0.4 is 5.73 Å². The van der Waals surface area contributed by atoms with Crippen LogP contribution in [0.4, 0.5) is 0 Å². The van der Waals surface area contributed by atoms with Gasteiger partial charge < -0.3 is 10.5 Å². The molecule has 1 heterocycles. The Hall–Kier alpha value is -0.0900. The molecule has 1 saturated heterocycles. The molecule has 0 radical (unpaired) electrons. The van der Waals surface area contributed by atoms with Crippen molar-refractivity contribution in [1.82, 2.24) is 0 Å². The van der Waals surface area contributed by atoms with Gasteiger partial charge >= 0.3 is 0 Å². The Morgan fingerprint density at radius 2 is 2.50 bits per heavy atom. The first-order valence-electron chi connectivity index (χ1n) is 2.27. The van der Waals surface area contributed by atoms with E-state index in [0.29, 0.717) is 6.61 Å². The van der Waals surface area contributed by atoms with Crippen LogP contribution in [-0.2, 0) is 9.53 Å². The molecule has 3 nitrogen and oxygen atoms in total. The molecule has 0 aromatic carbocycles. The molecule has 0 saturated carbocycles. The van der Waals surface area contributed by atoms with E-state index >= 15 is 0 Å². The number of primary amides is 1. The van der Waals surface area contributed by atoms with Gasteiger partial charge in [0.15, 0.2) is 0 Å². The average molecular weight is 180 g/mol. The molecule has 0 unspecified atom stereocenters. The van der Waals surface area contributed by atoms with Crippen molar-refractivity contribution in [3.63, 3.8) is 0 Å². The number of rotatable bonds is 2. The van der Waals surface area contributed by atoms with E-state index < -0.39 is 0 Å². The first-order chi connectivity index (χ1) is 3.72. The molecule has 0 aromatic heterocycles. The molecule has 8 heavy (non-hydrogen) atoms. The molecule has 0 aliphatic carbocycles. The van der Waals surface area contributed by atoms with Gasteiger partial charge in [-0.15, -0.1) is 0 Å². The molecule has 1 rings (SSSR count). The van der Waals surface area contributed by atoms with Crippen molar-refractivity contribution in [2.75, 3.05) is 6.61 Å².